The molecule has 0 unspecified atom stereocenters. The molecule has 5 N–H and O–H groups in total. The molecule has 0 bridgehead atoms. The molecule has 0 saturated carbocycles. The van der Waals surface area contributed by atoms with Crippen LogP contribution in [0.2, 0.25) is 0 Å². The van der Waals surface area contributed by atoms with E-state index < -0.39 is 36.8 Å². The summed E-state index contributed by atoms with van der Waals surface area (Å²) in [4.78, 5) is 0.575. The minimum absolute atomic E-state index is 0.132. The van der Waals surface area contributed by atoms with Crippen LogP contribution in [0, 0.1) is 11.3 Å². The molecule has 1 aliphatic heterocycles. The minimum atomic E-state index is -2.37. The van der Waals surface area contributed by atoms with Crippen molar-refractivity contribution in [2.24, 2.45) is 0 Å². The van der Waals surface area contributed by atoms with Gasteiger partial charge in [-0.2, -0.15) is 5.26 Å². The van der Waals surface area contributed by atoms with Crippen molar-refractivity contribution in [2.45, 2.75) is 54.9 Å². The van der Waals surface area contributed by atoms with Gasteiger partial charge < -0.3 is 30.3 Å². The largest absolute Gasteiger partial charge is 0.394 e. The molecule has 0 aliphatic carbocycles. The number of rotatable bonds is 6. The minimum Gasteiger partial charge on any atom is -0.394 e. The Morgan fingerprint density at radius 3 is 2.29 bits per heavy atom. The van der Waals surface area contributed by atoms with Crippen molar-refractivity contribution in [3.63, 3.8) is 0 Å². The number of aliphatic hydroxyl groups excluding tert-OH is 4. The Kier molecular flexibility index (Phi) is 7.39. The second kappa shape index (κ2) is 9.67. The molecule has 2 aromatic carbocycles. The highest BCUT2D eigenvalue weighted by atomic mass is 32.2. The van der Waals surface area contributed by atoms with E-state index in [1.165, 1.54) is 23.4 Å². The van der Waals surface area contributed by atoms with E-state index in [-0.39, 0.29) is 5.56 Å². The van der Waals surface area contributed by atoms with Gasteiger partial charge in [-0.15, -0.1) is 11.8 Å². The molecule has 0 spiro atoms. The summed E-state index contributed by atoms with van der Waals surface area (Å²) >= 11 is 1.30. The average molecular weight is 446 g/mol. The third kappa shape index (κ3) is 4.49. The molecule has 3 rings (SSSR count). The molecule has 1 aliphatic rings. The van der Waals surface area contributed by atoms with Gasteiger partial charge in [0.05, 0.1) is 12.2 Å². The Morgan fingerprint density at radius 2 is 1.74 bits per heavy atom. The molecule has 1 fully saturated rings. The molecule has 0 aromatic heterocycles. The summed E-state index contributed by atoms with van der Waals surface area (Å²) in [6, 6.07) is 13.3. The second-order valence-electron chi connectivity index (χ2n) is 7.63. The summed E-state index contributed by atoms with van der Waals surface area (Å²) in [5, 5.41) is 61.2. The first-order valence-corrected chi connectivity index (χ1v) is 11.3. The van der Waals surface area contributed by atoms with Crippen LogP contribution in [0.1, 0.15) is 34.7 Å². The zero-order valence-electron chi connectivity index (χ0n) is 17.4. The quantitative estimate of drug-likeness (QED) is 0.417. The molecular weight excluding hydrogens is 418 g/mol. The lowest BCUT2D eigenvalue weighted by Crippen LogP contribution is -2.63. The topological polar surface area (TPSA) is 134 Å². The van der Waals surface area contributed by atoms with Gasteiger partial charge in [0.15, 0.2) is 0 Å². The van der Waals surface area contributed by atoms with Crippen molar-refractivity contribution in [1.29, 1.82) is 5.26 Å². The molecule has 1 heterocycles. The van der Waals surface area contributed by atoms with E-state index in [1.54, 1.807) is 12.3 Å². The fourth-order valence-corrected chi connectivity index (χ4v) is 4.44. The standard InChI is InChI=1S/C23H27NO6S/c1-3-13-4-6-14(7-5-13)8-15-9-16(10-19(31-2)17(15)11-24)23(29)22(28)21(27)20(26)18(12-25)30-23/h4-7,9-10,18,20-22,25-29H,3,8,12H2,1-2H3/t18-,20-,21+,22-,23-/m1/s1. The molecular formula is C23H27NO6S. The number of aryl methyl sites for hydroxylation is 1. The van der Waals surface area contributed by atoms with Crippen molar-refractivity contribution in [1.82, 2.24) is 0 Å². The number of nitrogens with zero attached hydrogens (tertiary/aromatic N) is 1. The van der Waals surface area contributed by atoms with Crippen molar-refractivity contribution >= 4 is 11.8 Å². The van der Waals surface area contributed by atoms with Gasteiger partial charge in [0.25, 0.3) is 0 Å². The van der Waals surface area contributed by atoms with Crippen LogP contribution in [0.15, 0.2) is 41.3 Å². The summed E-state index contributed by atoms with van der Waals surface area (Å²) in [7, 11) is 0. The molecule has 8 heteroatoms. The van der Waals surface area contributed by atoms with Crippen LogP contribution < -0.4 is 0 Å². The highest BCUT2D eigenvalue weighted by Crippen LogP contribution is 2.39. The Morgan fingerprint density at radius 1 is 1.10 bits per heavy atom. The van der Waals surface area contributed by atoms with Crippen LogP contribution >= 0.6 is 11.8 Å². The Balaban J connectivity index is 2.08. The Labute approximate surface area is 185 Å². The summed E-state index contributed by atoms with van der Waals surface area (Å²) in [5.41, 5.74) is 3.37. The molecule has 7 nitrogen and oxygen atoms in total. The number of hydrogen-bond donors (Lipinski definition) is 5. The fourth-order valence-electron chi connectivity index (χ4n) is 3.81. The molecule has 0 radical (unpaired) electrons. The monoisotopic (exact) mass is 445 g/mol. The average Bonchev–Trinajstić information content (AvgIpc) is 2.80. The van der Waals surface area contributed by atoms with E-state index in [2.05, 4.69) is 13.0 Å². The van der Waals surface area contributed by atoms with Crippen LogP contribution in [0.5, 0.6) is 0 Å². The SMILES string of the molecule is CCc1ccc(Cc2cc([C@@]3(O)O[C@H](CO)[C@@H](O)[C@H](O)[C@H]3O)cc(SC)c2C#N)cc1. The second-order valence-corrected chi connectivity index (χ2v) is 8.48. The number of benzene rings is 2. The predicted molar refractivity (Wildman–Crippen MR) is 115 cm³/mol. The summed E-state index contributed by atoms with van der Waals surface area (Å²) in [6.07, 6.45) is -3.32. The van der Waals surface area contributed by atoms with Crippen LogP contribution in [0.4, 0.5) is 0 Å². The summed E-state index contributed by atoms with van der Waals surface area (Å²) < 4.78 is 5.47. The van der Waals surface area contributed by atoms with Gasteiger partial charge in [-0.25, -0.2) is 0 Å². The Bertz CT molecular complexity index is 958. The third-order valence-electron chi connectivity index (χ3n) is 5.72. The molecule has 31 heavy (non-hydrogen) atoms. The zero-order valence-corrected chi connectivity index (χ0v) is 18.2. The first kappa shape index (κ1) is 23.7. The first-order chi connectivity index (χ1) is 14.8. The maximum atomic E-state index is 11.2. The van der Waals surface area contributed by atoms with Gasteiger partial charge in [0, 0.05) is 10.5 Å². The number of aliphatic hydroxyl groups is 5. The zero-order chi connectivity index (χ0) is 22.8. The summed E-state index contributed by atoms with van der Waals surface area (Å²) in [6.45, 7) is 1.41. The molecule has 166 valence electrons. The highest BCUT2D eigenvalue weighted by molar-refractivity contribution is 7.98. The molecule has 5 atom stereocenters. The van der Waals surface area contributed by atoms with E-state index in [0.717, 1.165) is 12.0 Å². The van der Waals surface area contributed by atoms with Crippen LogP contribution in [0.25, 0.3) is 0 Å². The van der Waals surface area contributed by atoms with Gasteiger partial charge in [0.1, 0.15) is 30.5 Å². The third-order valence-corrected chi connectivity index (χ3v) is 6.48. The van der Waals surface area contributed by atoms with Crippen LogP contribution in [-0.2, 0) is 23.4 Å². The smallest absolute Gasteiger partial charge is 0.222 e. The summed E-state index contributed by atoms with van der Waals surface area (Å²) in [5.74, 6) is -2.37. The maximum absolute atomic E-state index is 11.2. The van der Waals surface area contributed by atoms with E-state index in [0.29, 0.717) is 22.4 Å². The van der Waals surface area contributed by atoms with Crippen molar-refractivity contribution in [3.8, 4) is 6.07 Å². The van der Waals surface area contributed by atoms with Crippen LogP contribution in [0.3, 0.4) is 0 Å². The number of thioether (sulfide) groups is 1. The van der Waals surface area contributed by atoms with E-state index in [9.17, 15) is 30.8 Å². The first-order valence-electron chi connectivity index (χ1n) is 10.0. The normalized spacial score (nSPS) is 28.3. The maximum Gasteiger partial charge on any atom is 0.222 e. The van der Waals surface area contributed by atoms with Gasteiger partial charge in [-0.05, 0) is 47.9 Å². The lowest BCUT2D eigenvalue weighted by Gasteiger charge is -2.45. The predicted octanol–water partition coefficient (Wildman–Crippen LogP) is 1.05. The number of ether oxygens (including phenoxy) is 1. The van der Waals surface area contributed by atoms with Gasteiger partial charge in [-0.1, -0.05) is 31.2 Å². The lowest BCUT2D eigenvalue weighted by molar-refractivity contribution is -0.357. The Hall–Kier alpha value is -1.96. The van der Waals surface area contributed by atoms with Gasteiger partial charge in [-0.3, -0.25) is 0 Å². The van der Waals surface area contributed by atoms with E-state index in [1.807, 2.05) is 24.3 Å². The fraction of sp³-hybridized carbons (Fsp3) is 0.435. The molecule has 1 saturated heterocycles. The van der Waals surface area contributed by atoms with Gasteiger partial charge in [0.2, 0.25) is 5.79 Å². The van der Waals surface area contributed by atoms with Gasteiger partial charge >= 0.3 is 0 Å². The van der Waals surface area contributed by atoms with Crippen LogP contribution in [-0.4, -0.2) is 62.8 Å². The molecule has 2 aromatic rings. The number of nitriles is 1. The van der Waals surface area contributed by atoms with E-state index in [4.69, 9.17) is 4.74 Å². The molecule has 0 amide bonds. The van der Waals surface area contributed by atoms with E-state index >= 15 is 0 Å². The lowest BCUT2D eigenvalue weighted by atomic mass is 9.86. The highest BCUT2D eigenvalue weighted by Gasteiger charge is 2.53. The van der Waals surface area contributed by atoms with Crippen molar-refractivity contribution in [2.75, 3.05) is 12.9 Å². The van der Waals surface area contributed by atoms with Crippen molar-refractivity contribution < 1.29 is 30.3 Å². The van der Waals surface area contributed by atoms with Crippen molar-refractivity contribution in [3.05, 3.63) is 64.2 Å². The number of hydrogen-bond acceptors (Lipinski definition) is 8.